The molecule has 0 fully saturated rings. The molecule has 0 amide bonds. The standard InChI is InChI=1S/C24H23N3O4/c1-2-24(30)17-8-19-21-15(10-27(19)22(28)16(17)11-31-23(24)29)14-5-3-4-13-12(9-25)6-7-18(26-21)20(13)14/h6-8,30H,2-5,9-11,25H2,1H3/t24-/m0/s1. The minimum atomic E-state index is -1.81. The van der Waals surface area contributed by atoms with Gasteiger partial charge in [-0.2, -0.15) is 0 Å². The van der Waals surface area contributed by atoms with Crippen LogP contribution in [0.4, 0.5) is 0 Å². The van der Waals surface area contributed by atoms with Crippen molar-refractivity contribution in [1.82, 2.24) is 9.55 Å². The third-order valence-corrected chi connectivity index (χ3v) is 7.25. The number of pyridine rings is 2. The van der Waals surface area contributed by atoms with Crippen molar-refractivity contribution in [2.24, 2.45) is 5.73 Å². The fourth-order valence-corrected chi connectivity index (χ4v) is 5.58. The molecule has 1 aliphatic carbocycles. The number of aliphatic hydroxyl groups is 1. The van der Waals surface area contributed by atoms with Gasteiger partial charge in [-0.25, -0.2) is 9.78 Å². The van der Waals surface area contributed by atoms with E-state index in [1.807, 2.05) is 12.1 Å². The fourth-order valence-electron chi connectivity index (χ4n) is 5.58. The van der Waals surface area contributed by atoms with Gasteiger partial charge in [-0.3, -0.25) is 4.79 Å². The van der Waals surface area contributed by atoms with E-state index in [2.05, 4.69) is 0 Å². The van der Waals surface area contributed by atoms with Gasteiger partial charge in [-0.1, -0.05) is 13.0 Å². The van der Waals surface area contributed by atoms with Crippen LogP contribution in [-0.4, -0.2) is 20.6 Å². The topological polar surface area (TPSA) is 107 Å². The third kappa shape index (κ3) is 2.28. The lowest BCUT2D eigenvalue weighted by atomic mass is 9.84. The van der Waals surface area contributed by atoms with Crippen LogP contribution in [0.3, 0.4) is 0 Å². The Morgan fingerprint density at radius 1 is 1.19 bits per heavy atom. The molecule has 0 saturated carbocycles. The van der Waals surface area contributed by atoms with Crippen LogP contribution in [0.2, 0.25) is 0 Å². The highest BCUT2D eigenvalue weighted by Crippen LogP contribution is 2.42. The summed E-state index contributed by atoms with van der Waals surface area (Å²) in [6.07, 6.45) is 3.10. The van der Waals surface area contributed by atoms with Crippen LogP contribution in [-0.2, 0) is 47.7 Å². The number of rotatable bonds is 2. The second kappa shape index (κ2) is 6.24. The quantitative estimate of drug-likeness (QED) is 0.483. The molecule has 2 aliphatic heterocycles. The molecule has 3 aromatic rings. The van der Waals surface area contributed by atoms with Gasteiger partial charge in [0, 0.05) is 23.1 Å². The van der Waals surface area contributed by atoms with Crippen molar-refractivity contribution in [2.75, 3.05) is 0 Å². The molecule has 3 N–H and O–H groups in total. The van der Waals surface area contributed by atoms with Gasteiger partial charge in [0.05, 0.1) is 29.0 Å². The minimum Gasteiger partial charge on any atom is -0.458 e. The van der Waals surface area contributed by atoms with Crippen molar-refractivity contribution in [3.63, 3.8) is 0 Å². The monoisotopic (exact) mass is 417 g/mol. The number of cyclic esters (lactones) is 1. The lowest BCUT2D eigenvalue weighted by Crippen LogP contribution is -2.44. The van der Waals surface area contributed by atoms with E-state index in [4.69, 9.17) is 15.5 Å². The third-order valence-electron chi connectivity index (χ3n) is 7.25. The number of ether oxygens (including phenoxy) is 1. The molecule has 0 unspecified atom stereocenters. The Bertz CT molecular complexity index is 1370. The van der Waals surface area contributed by atoms with Crippen LogP contribution >= 0.6 is 0 Å². The van der Waals surface area contributed by atoms with Crippen molar-refractivity contribution in [3.05, 3.63) is 61.9 Å². The van der Waals surface area contributed by atoms with Gasteiger partial charge in [0.25, 0.3) is 5.56 Å². The van der Waals surface area contributed by atoms with Crippen LogP contribution in [0.25, 0.3) is 22.3 Å². The summed E-state index contributed by atoms with van der Waals surface area (Å²) in [5.74, 6) is -0.703. The zero-order chi connectivity index (χ0) is 21.5. The second-order valence-electron chi connectivity index (χ2n) is 8.68. The van der Waals surface area contributed by atoms with E-state index >= 15 is 0 Å². The molecule has 0 bridgehead atoms. The van der Waals surface area contributed by atoms with Crippen molar-refractivity contribution in [3.8, 4) is 11.4 Å². The van der Waals surface area contributed by atoms with Gasteiger partial charge >= 0.3 is 5.97 Å². The van der Waals surface area contributed by atoms with Gasteiger partial charge in [-0.15, -0.1) is 0 Å². The summed E-state index contributed by atoms with van der Waals surface area (Å²) >= 11 is 0. The van der Waals surface area contributed by atoms with E-state index in [1.54, 1.807) is 17.6 Å². The highest BCUT2D eigenvalue weighted by Gasteiger charge is 2.45. The van der Waals surface area contributed by atoms with E-state index in [1.165, 1.54) is 16.5 Å². The number of benzene rings is 1. The second-order valence-corrected chi connectivity index (χ2v) is 8.68. The molecule has 0 spiro atoms. The number of carbonyl (C=O) groups excluding carboxylic acids is 1. The first kappa shape index (κ1) is 18.7. The molecule has 1 aromatic carbocycles. The molecule has 1 atom stereocenters. The highest BCUT2D eigenvalue weighted by atomic mass is 16.6. The number of fused-ring (bicyclic) bond motifs is 5. The van der Waals surface area contributed by atoms with E-state index in [0.29, 0.717) is 29.9 Å². The van der Waals surface area contributed by atoms with Crippen molar-refractivity contribution < 1.29 is 14.6 Å². The van der Waals surface area contributed by atoms with Gasteiger partial charge in [0.15, 0.2) is 5.60 Å². The highest BCUT2D eigenvalue weighted by molar-refractivity contribution is 5.92. The molecule has 0 radical (unpaired) electrons. The average molecular weight is 417 g/mol. The van der Waals surface area contributed by atoms with Gasteiger partial charge in [0.1, 0.15) is 6.61 Å². The predicted octanol–water partition coefficient (Wildman–Crippen LogP) is 2.03. The summed E-state index contributed by atoms with van der Waals surface area (Å²) in [5.41, 5.74) is 11.7. The van der Waals surface area contributed by atoms with Crippen LogP contribution < -0.4 is 11.3 Å². The number of carbonyl (C=O) groups is 1. The maximum Gasteiger partial charge on any atom is 0.343 e. The zero-order valence-electron chi connectivity index (χ0n) is 17.3. The Kier molecular flexibility index (Phi) is 3.77. The lowest BCUT2D eigenvalue weighted by molar-refractivity contribution is -0.172. The summed E-state index contributed by atoms with van der Waals surface area (Å²) in [7, 11) is 0. The molecular formula is C24H23N3O4. The lowest BCUT2D eigenvalue weighted by Gasteiger charge is -2.31. The van der Waals surface area contributed by atoms with Crippen molar-refractivity contribution in [1.29, 1.82) is 0 Å². The summed E-state index contributed by atoms with van der Waals surface area (Å²) in [6.45, 7) is 2.54. The molecule has 0 saturated heterocycles. The Balaban J connectivity index is 1.66. The molecule has 6 rings (SSSR count). The number of hydrogen-bond acceptors (Lipinski definition) is 6. The summed E-state index contributed by atoms with van der Waals surface area (Å²) in [5, 5.41) is 12.2. The number of nitrogens with two attached hydrogens (primary N) is 1. The first-order chi connectivity index (χ1) is 15.0. The first-order valence-electron chi connectivity index (χ1n) is 10.8. The smallest absolute Gasteiger partial charge is 0.343 e. The van der Waals surface area contributed by atoms with Crippen LogP contribution in [0.5, 0.6) is 0 Å². The zero-order valence-corrected chi connectivity index (χ0v) is 17.3. The predicted molar refractivity (Wildman–Crippen MR) is 114 cm³/mol. The van der Waals surface area contributed by atoms with E-state index < -0.39 is 11.6 Å². The molecule has 3 aliphatic rings. The Morgan fingerprint density at radius 3 is 2.77 bits per heavy atom. The number of aromatic nitrogens is 2. The molecule has 4 heterocycles. The van der Waals surface area contributed by atoms with Gasteiger partial charge in [-0.05, 0) is 54.5 Å². The van der Waals surface area contributed by atoms with Crippen molar-refractivity contribution in [2.45, 2.75) is 57.9 Å². The summed E-state index contributed by atoms with van der Waals surface area (Å²) in [4.78, 5) is 30.7. The van der Waals surface area contributed by atoms with E-state index in [0.717, 1.165) is 41.6 Å². The molecule has 2 aromatic heterocycles. The van der Waals surface area contributed by atoms with Gasteiger partial charge < -0.3 is 20.1 Å². The fraction of sp³-hybridized carbons (Fsp3) is 0.375. The molecule has 31 heavy (non-hydrogen) atoms. The molecular weight excluding hydrogens is 394 g/mol. The van der Waals surface area contributed by atoms with E-state index in [-0.39, 0.29) is 18.6 Å². The number of nitrogens with zero attached hydrogens (tertiary/aromatic N) is 2. The maximum absolute atomic E-state index is 13.4. The van der Waals surface area contributed by atoms with Gasteiger partial charge in [0.2, 0.25) is 0 Å². The van der Waals surface area contributed by atoms with E-state index in [9.17, 15) is 14.7 Å². The van der Waals surface area contributed by atoms with Crippen LogP contribution in [0.1, 0.15) is 53.1 Å². The molecule has 7 nitrogen and oxygen atoms in total. The maximum atomic E-state index is 13.4. The Morgan fingerprint density at radius 2 is 2.00 bits per heavy atom. The van der Waals surface area contributed by atoms with Crippen molar-refractivity contribution >= 4 is 16.9 Å². The summed E-state index contributed by atoms with van der Waals surface area (Å²) in [6, 6.07) is 5.83. The number of hydrogen-bond donors (Lipinski definition) is 2. The Labute approximate surface area is 178 Å². The average Bonchev–Trinajstić information content (AvgIpc) is 3.16. The molecule has 7 heteroatoms. The first-order valence-corrected chi connectivity index (χ1v) is 10.8. The Hall–Kier alpha value is -3.03. The van der Waals surface area contributed by atoms with Crippen LogP contribution in [0, 0.1) is 0 Å². The number of aryl methyl sites for hydroxylation is 2. The van der Waals surface area contributed by atoms with Crippen LogP contribution in [0.15, 0.2) is 23.0 Å². The summed E-state index contributed by atoms with van der Waals surface area (Å²) < 4.78 is 6.86. The SMILES string of the molecule is CC[C@@]1(O)C(=O)OCc2c1cc1n(c2=O)Cc2c-1nc1ccc(CN)c3c1c2CCC3. The molecule has 158 valence electrons. The minimum absolute atomic E-state index is 0.113. The normalized spacial score (nSPS) is 20.9. The largest absolute Gasteiger partial charge is 0.458 e. The number of esters is 1.